The largest absolute Gasteiger partial charge is 0.484 e. The number of rotatable bonds is 4. The van der Waals surface area contributed by atoms with E-state index in [0.717, 1.165) is 12.8 Å². The smallest absolute Gasteiger partial charge is 0.260 e. The zero-order valence-corrected chi connectivity index (χ0v) is 11.2. The summed E-state index contributed by atoms with van der Waals surface area (Å²) in [7, 11) is 0. The number of primary amides is 1. The molecule has 1 atom stereocenters. The van der Waals surface area contributed by atoms with Crippen molar-refractivity contribution in [3.05, 3.63) is 24.3 Å². The lowest BCUT2D eigenvalue weighted by Crippen LogP contribution is -2.45. The molecule has 1 saturated heterocycles. The molecule has 4 N–H and O–H groups in total. The van der Waals surface area contributed by atoms with Crippen LogP contribution in [0.4, 0.5) is 5.69 Å². The Morgan fingerprint density at radius 2 is 2.00 bits per heavy atom. The van der Waals surface area contributed by atoms with E-state index in [9.17, 15) is 9.59 Å². The number of nitrogen functional groups attached to an aromatic ring is 1. The summed E-state index contributed by atoms with van der Waals surface area (Å²) in [5.74, 6) is -0.130. The van der Waals surface area contributed by atoms with Gasteiger partial charge >= 0.3 is 0 Å². The van der Waals surface area contributed by atoms with Crippen LogP contribution in [0.5, 0.6) is 5.75 Å². The van der Waals surface area contributed by atoms with Crippen LogP contribution in [0.1, 0.15) is 12.8 Å². The van der Waals surface area contributed by atoms with Crippen molar-refractivity contribution in [1.29, 1.82) is 0 Å². The number of carbonyl (C=O) groups excluding carboxylic acids is 2. The molecule has 0 saturated carbocycles. The third-order valence-electron chi connectivity index (χ3n) is 3.42. The molecule has 1 unspecified atom stereocenters. The Morgan fingerprint density at radius 3 is 2.65 bits per heavy atom. The Morgan fingerprint density at radius 1 is 1.30 bits per heavy atom. The van der Waals surface area contributed by atoms with Gasteiger partial charge in [0.1, 0.15) is 5.75 Å². The molecule has 2 amide bonds. The van der Waals surface area contributed by atoms with Crippen LogP contribution in [0.15, 0.2) is 24.3 Å². The first kappa shape index (κ1) is 14.2. The molecule has 2 rings (SSSR count). The van der Waals surface area contributed by atoms with Crippen molar-refractivity contribution in [2.24, 2.45) is 11.7 Å². The highest BCUT2D eigenvalue weighted by Gasteiger charge is 2.26. The first-order chi connectivity index (χ1) is 9.56. The van der Waals surface area contributed by atoms with E-state index in [-0.39, 0.29) is 24.3 Å². The van der Waals surface area contributed by atoms with E-state index in [0.29, 0.717) is 24.5 Å². The van der Waals surface area contributed by atoms with E-state index in [4.69, 9.17) is 16.2 Å². The van der Waals surface area contributed by atoms with Gasteiger partial charge in [-0.25, -0.2) is 0 Å². The predicted molar refractivity (Wildman–Crippen MR) is 74.8 cm³/mol. The molecule has 1 heterocycles. The van der Waals surface area contributed by atoms with Crippen molar-refractivity contribution in [3.63, 3.8) is 0 Å². The lowest BCUT2D eigenvalue weighted by molar-refractivity contribution is -0.136. The van der Waals surface area contributed by atoms with E-state index in [1.807, 2.05) is 0 Å². The van der Waals surface area contributed by atoms with Crippen molar-refractivity contribution in [2.45, 2.75) is 12.8 Å². The van der Waals surface area contributed by atoms with E-state index >= 15 is 0 Å². The van der Waals surface area contributed by atoms with Gasteiger partial charge in [-0.05, 0) is 37.1 Å². The fourth-order valence-electron chi connectivity index (χ4n) is 2.24. The van der Waals surface area contributed by atoms with E-state index in [1.165, 1.54) is 0 Å². The molecule has 0 aliphatic carbocycles. The van der Waals surface area contributed by atoms with E-state index in [1.54, 1.807) is 29.2 Å². The summed E-state index contributed by atoms with van der Waals surface area (Å²) in [6.45, 7) is 0.988. The molecule has 6 nitrogen and oxygen atoms in total. The maximum Gasteiger partial charge on any atom is 0.260 e. The van der Waals surface area contributed by atoms with Gasteiger partial charge in [-0.1, -0.05) is 0 Å². The highest BCUT2D eigenvalue weighted by molar-refractivity contribution is 5.81. The number of hydrogen-bond donors (Lipinski definition) is 2. The summed E-state index contributed by atoms with van der Waals surface area (Å²) < 4.78 is 5.41. The van der Waals surface area contributed by atoms with Gasteiger partial charge in [-0.3, -0.25) is 9.59 Å². The summed E-state index contributed by atoms with van der Waals surface area (Å²) in [5, 5.41) is 0. The monoisotopic (exact) mass is 277 g/mol. The quantitative estimate of drug-likeness (QED) is 0.777. The van der Waals surface area contributed by atoms with Gasteiger partial charge < -0.3 is 21.1 Å². The molecule has 0 aromatic heterocycles. The van der Waals surface area contributed by atoms with Crippen LogP contribution in [0, 0.1) is 5.92 Å². The lowest BCUT2D eigenvalue weighted by Gasteiger charge is -2.31. The van der Waals surface area contributed by atoms with Gasteiger partial charge in [0.2, 0.25) is 5.91 Å². The van der Waals surface area contributed by atoms with E-state index in [2.05, 4.69) is 0 Å². The number of piperidine rings is 1. The predicted octanol–water partition coefficient (Wildman–Crippen LogP) is 0.372. The van der Waals surface area contributed by atoms with Crippen LogP contribution in [0.2, 0.25) is 0 Å². The molecule has 1 aromatic rings. The van der Waals surface area contributed by atoms with Gasteiger partial charge in [0.25, 0.3) is 5.91 Å². The second kappa shape index (κ2) is 6.27. The summed E-state index contributed by atoms with van der Waals surface area (Å²) >= 11 is 0. The average molecular weight is 277 g/mol. The summed E-state index contributed by atoms with van der Waals surface area (Å²) in [6, 6.07) is 6.85. The van der Waals surface area contributed by atoms with Crippen LogP contribution in [-0.2, 0) is 9.59 Å². The molecular weight excluding hydrogens is 258 g/mol. The molecule has 0 radical (unpaired) electrons. The minimum atomic E-state index is -0.345. The number of nitrogens with two attached hydrogens (primary N) is 2. The number of nitrogens with zero attached hydrogens (tertiary/aromatic N) is 1. The summed E-state index contributed by atoms with van der Waals surface area (Å²) in [5.41, 5.74) is 11.5. The molecule has 0 spiro atoms. The van der Waals surface area contributed by atoms with Gasteiger partial charge in [0, 0.05) is 18.8 Å². The molecular formula is C14H19N3O3. The number of amides is 2. The topological polar surface area (TPSA) is 98.7 Å². The Balaban J connectivity index is 1.85. The summed E-state index contributed by atoms with van der Waals surface area (Å²) in [6.07, 6.45) is 1.54. The zero-order valence-electron chi connectivity index (χ0n) is 11.2. The standard InChI is InChI=1S/C14H19N3O3/c15-11-3-5-12(6-4-11)20-9-13(18)17-7-1-2-10(8-17)14(16)19/h3-6,10H,1-2,7-9,15H2,(H2,16,19). The Labute approximate surface area is 117 Å². The molecule has 108 valence electrons. The first-order valence-electron chi connectivity index (χ1n) is 6.61. The Bertz CT molecular complexity index is 487. The molecule has 1 aliphatic heterocycles. The van der Waals surface area contributed by atoms with Crippen molar-refractivity contribution in [1.82, 2.24) is 4.90 Å². The third-order valence-corrected chi connectivity index (χ3v) is 3.42. The third kappa shape index (κ3) is 3.63. The fourth-order valence-corrected chi connectivity index (χ4v) is 2.24. The SMILES string of the molecule is NC(=O)C1CCCN(C(=O)COc2ccc(N)cc2)C1. The van der Waals surface area contributed by atoms with Gasteiger partial charge in [-0.2, -0.15) is 0 Å². The molecule has 1 aromatic carbocycles. The van der Waals surface area contributed by atoms with Crippen LogP contribution in [-0.4, -0.2) is 36.4 Å². The van der Waals surface area contributed by atoms with Crippen LogP contribution < -0.4 is 16.2 Å². The fraction of sp³-hybridized carbons (Fsp3) is 0.429. The number of hydrogen-bond acceptors (Lipinski definition) is 4. The van der Waals surface area contributed by atoms with Crippen molar-refractivity contribution in [3.8, 4) is 5.75 Å². The van der Waals surface area contributed by atoms with Crippen LogP contribution >= 0.6 is 0 Å². The molecule has 1 fully saturated rings. The zero-order chi connectivity index (χ0) is 14.5. The molecule has 0 bridgehead atoms. The Hall–Kier alpha value is -2.24. The van der Waals surface area contributed by atoms with Crippen LogP contribution in [0.3, 0.4) is 0 Å². The van der Waals surface area contributed by atoms with Crippen molar-refractivity contribution >= 4 is 17.5 Å². The van der Waals surface area contributed by atoms with Crippen molar-refractivity contribution < 1.29 is 14.3 Å². The maximum atomic E-state index is 12.0. The number of likely N-dealkylation sites (tertiary alicyclic amines) is 1. The highest BCUT2D eigenvalue weighted by Crippen LogP contribution is 2.17. The van der Waals surface area contributed by atoms with Gasteiger partial charge in [0.15, 0.2) is 6.61 Å². The first-order valence-corrected chi connectivity index (χ1v) is 6.61. The van der Waals surface area contributed by atoms with Gasteiger partial charge in [0.05, 0.1) is 5.92 Å². The van der Waals surface area contributed by atoms with Gasteiger partial charge in [-0.15, -0.1) is 0 Å². The van der Waals surface area contributed by atoms with Crippen molar-refractivity contribution in [2.75, 3.05) is 25.4 Å². The highest BCUT2D eigenvalue weighted by atomic mass is 16.5. The molecule has 20 heavy (non-hydrogen) atoms. The second-order valence-electron chi connectivity index (χ2n) is 4.94. The number of carbonyl (C=O) groups is 2. The maximum absolute atomic E-state index is 12.0. The number of ether oxygens (including phenoxy) is 1. The normalized spacial score (nSPS) is 18.6. The minimum absolute atomic E-state index is 0.0462. The second-order valence-corrected chi connectivity index (χ2v) is 4.94. The van der Waals surface area contributed by atoms with E-state index < -0.39 is 0 Å². The molecule has 6 heteroatoms. The summed E-state index contributed by atoms with van der Waals surface area (Å²) in [4.78, 5) is 24.8. The minimum Gasteiger partial charge on any atom is -0.484 e. The average Bonchev–Trinajstić information content (AvgIpc) is 2.46. The number of benzene rings is 1. The molecule has 1 aliphatic rings. The number of anilines is 1. The van der Waals surface area contributed by atoms with Crippen LogP contribution in [0.25, 0.3) is 0 Å². The Kier molecular flexibility index (Phi) is 4.45. The lowest BCUT2D eigenvalue weighted by atomic mass is 9.97.